The summed E-state index contributed by atoms with van der Waals surface area (Å²) in [7, 11) is 0. The number of hydrogen-bond donors (Lipinski definition) is 3. The molecule has 0 aromatic carbocycles. The predicted molar refractivity (Wildman–Crippen MR) is 87.4 cm³/mol. The quantitative estimate of drug-likeness (QED) is 0.373. The second-order valence-corrected chi connectivity index (χ2v) is 7.13. The number of nitrogens with one attached hydrogen (secondary N) is 2. The third-order valence-electron chi connectivity index (χ3n) is 5.02. The Morgan fingerprint density at radius 2 is 1.75 bits per heavy atom. The number of alkyl halides is 6. The van der Waals surface area contributed by atoms with Crippen LogP contribution in [0, 0.1) is 16.7 Å². The molecule has 0 aromatic rings. The lowest BCUT2D eigenvalue weighted by Crippen LogP contribution is -2.56. The average Bonchev–Trinajstić information content (AvgIpc) is 2.58. The van der Waals surface area contributed by atoms with Crippen LogP contribution < -0.4 is 0 Å². The number of halogens is 6. The molecule has 3 N–H and O–H groups in total. The van der Waals surface area contributed by atoms with Gasteiger partial charge in [-0.1, -0.05) is 0 Å². The highest BCUT2D eigenvalue weighted by atomic mass is 19.4. The number of amides is 1. The van der Waals surface area contributed by atoms with E-state index in [-0.39, 0.29) is 13.0 Å². The number of nitrogens with zero attached hydrogens (tertiary/aromatic N) is 2. The van der Waals surface area contributed by atoms with Gasteiger partial charge in [-0.05, 0) is 18.8 Å². The van der Waals surface area contributed by atoms with Crippen LogP contribution in [-0.2, 0) is 4.79 Å². The van der Waals surface area contributed by atoms with Gasteiger partial charge in [0.05, 0.1) is 19.1 Å². The molecule has 28 heavy (non-hydrogen) atoms. The van der Waals surface area contributed by atoms with Crippen molar-refractivity contribution in [2.24, 2.45) is 5.92 Å². The zero-order valence-corrected chi connectivity index (χ0v) is 14.9. The molecule has 12 heteroatoms. The minimum atomic E-state index is -4.91. The van der Waals surface area contributed by atoms with Crippen molar-refractivity contribution in [3.8, 4) is 0 Å². The van der Waals surface area contributed by atoms with Crippen LogP contribution in [0.3, 0.4) is 0 Å². The summed E-state index contributed by atoms with van der Waals surface area (Å²) >= 11 is 0. The van der Waals surface area contributed by atoms with Crippen molar-refractivity contribution in [2.75, 3.05) is 19.6 Å². The molecule has 1 aliphatic heterocycles. The van der Waals surface area contributed by atoms with Crippen molar-refractivity contribution in [1.29, 1.82) is 10.8 Å². The van der Waals surface area contributed by atoms with Crippen molar-refractivity contribution >= 4 is 17.6 Å². The second-order valence-electron chi connectivity index (χ2n) is 7.13. The largest absolute Gasteiger partial charge is 0.449 e. The molecule has 5 unspecified atom stereocenters. The fraction of sp³-hybridized carbons (Fsp3) is 0.812. The fourth-order valence-electron chi connectivity index (χ4n) is 3.46. The maximum atomic E-state index is 13.8. The van der Waals surface area contributed by atoms with Gasteiger partial charge >= 0.3 is 6.18 Å². The Labute approximate surface area is 157 Å². The summed E-state index contributed by atoms with van der Waals surface area (Å²) in [6.07, 6.45) is -13.3. The zero-order chi connectivity index (χ0) is 21.2. The average molecular weight is 416 g/mol. The summed E-state index contributed by atoms with van der Waals surface area (Å²) in [6, 6.07) is 0. The molecule has 2 rings (SSSR count). The molecule has 0 aromatic heterocycles. The van der Waals surface area contributed by atoms with Gasteiger partial charge in [-0.15, -0.1) is 0 Å². The lowest BCUT2D eigenvalue weighted by Gasteiger charge is -2.37. The maximum Gasteiger partial charge on any atom is 0.449 e. The van der Waals surface area contributed by atoms with Gasteiger partial charge in [-0.2, -0.15) is 13.2 Å². The number of aliphatic hydroxyl groups is 1. The summed E-state index contributed by atoms with van der Waals surface area (Å²) in [5.74, 6) is -3.85. The van der Waals surface area contributed by atoms with Crippen molar-refractivity contribution in [2.45, 2.75) is 56.5 Å². The SMILES string of the molecule is N=C1CN(C(=O)CC(O)CC2CC(F)C(F)CC2F)CCN1C(=N)C(F)(F)F. The van der Waals surface area contributed by atoms with Gasteiger partial charge in [0.25, 0.3) is 0 Å². The second kappa shape index (κ2) is 8.66. The first-order chi connectivity index (χ1) is 12.9. The zero-order valence-electron chi connectivity index (χ0n) is 14.9. The maximum absolute atomic E-state index is 13.8. The van der Waals surface area contributed by atoms with Crippen LogP contribution in [0.5, 0.6) is 0 Å². The first-order valence-corrected chi connectivity index (χ1v) is 8.78. The first-order valence-electron chi connectivity index (χ1n) is 8.78. The van der Waals surface area contributed by atoms with E-state index in [0.29, 0.717) is 4.90 Å². The predicted octanol–water partition coefficient (Wildman–Crippen LogP) is 2.21. The van der Waals surface area contributed by atoms with Crippen LogP contribution in [0.4, 0.5) is 26.3 Å². The van der Waals surface area contributed by atoms with E-state index >= 15 is 0 Å². The Balaban J connectivity index is 1.85. The molecular formula is C16H22F6N4O2. The highest BCUT2D eigenvalue weighted by Gasteiger charge is 2.42. The van der Waals surface area contributed by atoms with Gasteiger partial charge in [0.15, 0.2) is 0 Å². The molecule has 160 valence electrons. The van der Waals surface area contributed by atoms with E-state index in [4.69, 9.17) is 10.8 Å². The topological polar surface area (TPSA) is 91.5 Å². The molecule has 0 bridgehead atoms. The Hall–Kier alpha value is -1.85. The van der Waals surface area contributed by atoms with Crippen molar-refractivity contribution in [3.63, 3.8) is 0 Å². The summed E-state index contributed by atoms with van der Waals surface area (Å²) in [6.45, 7) is -1.04. The molecule has 1 saturated heterocycles. The van der Waals surface area contributed by atoms with E-state index in [1.54, 1.807) is 0 Å². The molecule has 0 radical (unpaired) electrons. The lowest BCUT2D eigenvalue weighted by molar-refractivity contribution is -0.133. The normalized spacial score (nSPS) is 30.3. The molecule has 1 heterocycles. The smallest absolute Gasteiger partial charge is 0.393 e. The van der Waals surface area contributed by atoms with Crippen LogP contribution in [-0.4, -0.2) is 82.9 Å². The molecule has 1 amide bonds. The summed E-state index contributed by atoms with van der Waals surface area (Å²) in [4.78, 5) is 13.7. The molecule has 2 aliphatic rings. The van der Waals surface area contributed by atoms with E-state index < -0.39 is 86.6 Å². The summed E-state index contributed by atoms with van der Waals surface area (Å²) in [5.41, 5.74) is 0. The van der Waals surface area contributed by atoms with Crippen LogP contribution >= 0.6 is 0 Å². The number of rotatable bonds is 4. The Morgan fingerprint density at radius 3 is 2.32 bits per heavy atom. The molecule has 1 aliphatic carbocycles. The molecule has 2 fully saturated rings. The fourth-order valence-corrected chi connectivity index (χ4v) is 3.46. The summed E-state index contributed by atoms with van der Waals surface area (Å²) < 4.78 is 78.1. The van der Waals surface area contributed by atoms with Crippen molar-refractivity contribution in [3.05, 3.63) is 0 Å². The molecule has 0 spiro atoms. The van der Waals surface area contributed by atoms with Gasteiger partial charge in [-0.3, -0.25) is 15.6 Å². The monoisotopic (exact) mass is 416 g/mol. The number of amidine groups is 2. The van der Waals surface area contributed by atoms with E-state index in [1.807, 2.05) is 0 Å². The number of carbonyl (C=O) groups is 1. The van der Waals surface area contributed by atoms with Crippen LogP contribution in [0.2, 0.25) is 0 Å². The van der Waals surface area contributed by atoms with E-state index in [2.05, 4.69) is 0 Å². The standard InChI is InChI=1S/C16H22F6N4O2/c17-10-6-12(19)11(18)4-8(10)3-9(27)5-14(28)25-1-2-26(13(23)7-25)15(24)16(20,21)22/h8-12,23-24,27H,1-7H2. The minimum Gasteiger partial charge on any atom is -0.393 e. The Morgan fingerprint density at radius 1 is 1.14 bits per heavy atom. The van der Waals surface area contributed by atoms with Crippen molar-refractivity contribution in [1.82, 2.24) is 9.80 Å². The Kier molecular flexibility index (Phi) is 6.94. The summed E-state index contributed by atoms with van der Waals surface area (Å²) in [5, 5.41) is 24.7. The highest BCUT2D eigenvalue weighted by molar-refractivity contribution is 6.02. The molecule has 1 saturated carbocycles. The minimum absolute atomic E-state index is 0.183. The van der Waals surface area contributed by atoms with E-state index in [9.17, 15) is 36.2 Å². The van der Waals surface area contributed by atoms with Crippen LogP contribution in [0.1, 0.15) is 25.7 Å². The van der Waals surface area contributed by atoms with Crippen LogP contribution in [0.25, 0.3) is 0 Å². The van der Waals surface area contributed by atoms with E-state index in [1.165, 1.54) is 0 Å². The van der Waals surface area contributed by atoms with Gasteiger partial charge < -0.3 is 14.9 Å². The number of piperazine rings is 1. The van der Waals surface area contributed by atoms with Crippen molar-refractivity contribution < 1.29 is 36.2 Å². The number of hydrogen-bond acceptors (Lipinski definition) is 4. The van der Waals surface area contributed by atoms with Crippen LogP contribution in [0.15, 0.2) is 0 Å². The lowest BCUT2D eigenvalue weighted by atomic mass is 9.81. The number of aliphatic hydroxyl groups excluding tert-OH is 1. The van der Waals surface area contributed by atoms with Gasteiger partial charge in [0, 0.05) is 19.5 Å². The molecule has 5 atom stereocenters. The highest BCUT2D eigenvalue weighted by Crippen LogP contribution is 2.34. The van der Waals surface area contributed by atoms with Gasteiger partial charge in [0.2, 0.25) is 11.7 Å². The van der Waals surface area contributed by atoms with E-state index in [0.717, 1.165) is 4.90 Å². The molecular weight excluding hydrogens is 394 g/mol. The number of carbonyl (C=O) groups excluding carboxylic acids is 1. The first kappa shape index (κ1) is 22.4. The Bertz CT molecular complexity index is 616. The third-order valence-corrected chi connectivity index (χ3v) is 5.02. The van der Waals surface area contributed by atoms with Gasteiger partial charge in [-0.25, -0.2) is 13.2 Å². The molecule has 6 nitrogen and oxygen atoms in total. The third kappa shape index (κ3) is 5.36. The van der Waals surface area contributed by atoms with Gasteiger partial charge in [0.1, 0.15) is 24.4 Å².